The van der Waals surface area contributed by atoms with E-state index in [1.54, 1.807) is 11.3 Å². The van der Waals surface area contributed by atoms with Crippen LogP contribution in [0.3, 0.4) is 0 Å². The minimum absolute atomic E-state index is 0.413. The second-order valence-electron chi connectivity index (χ2n) is 4.90. The molecule has 2 aromatic carbocycles. The maximum Gasteiger partial charge on any atom is 0.183 e. The fourth-order valence-corrected chi connectivity index (χ4v) is 2.94. The van der Waals surface area contributed by atoms with Crippen LogP contribution in [0.15, 0.2) is 47.8 Å². The minimum Gasteiger partial charge on any atom is -0.359 e. The van der Waals surface area contributed by atoms with Crippen LogP contribution in [0.25, 0.3) is 22.0 Å². The van der Waals surface area contributed by atoms with E-state index < -0.39 is 0 Å². The normalized spacial score (nSPS) is 11.1. The number of anilines is 1. The van der Waals surface area contributed by atoms with Gasteiger partial charge < -0.3 is 5.32 Å². The highest BCUT2D eigenvalue weighted by Crippen LogP contribution is 2.27. The van der Waals surface area contributed by atoms with Gasteiger partial charge in [0.1, 0.15) is 0 Å². The summed E-state index contributed by atoms with van der Waals surface area (Å²) < 4.78 is 0. The molecule has 1 heterocycles. The van der Waals surface area contributed by atoms with Crippen molar-refractivity contribution in [1.82, 2.24) is 4.98 Å². The maximum absolute atomic E-state index is 4.63. The van der Waals surface area contributed by atoms with Gasteiger partial charge in [0.05, 0.1) is 5.69 Å². The zero-order valence-corrected chi connectivity index (χ0v) is 11.9. The van der Waals surface area contributed by atoms with E-state index in [1.807, 2.05) is 0 Å². The van der Waals surface area contributed by atoms with Gasteiger partial charge in [-0.2, -0.15) is 0 Å². The molecule has 0 saturated heterocycles. The summed E-state index contributed by atoms with van der Waals surface area (Å²) in [6.07, 6.45) is 0. The molecule has 96 valence electrons. The molecule has 0 aliphatic rings. The monoisotopic (exact) mass is 268 g/mol. The number of nitrogens with one attached hydrogen (secondary N) is 1. The first-order valence-electron chi connectivity index (χ1n) is 6.43. The largest absolute Gasteiger partial charge is 0.359 e. The number of rotatable bonds is 3. The molecule has 2 nitrogen and oxygen atoms in total. The van der Waals surface area contributed by atoms with Crippen molar-refractivity contribution in [1.29, 1.82) is 0 Å². The first-order valence-corrected chi connectivity index (χ1v) is 7.31. The Bertz CT molecular complexity index is 701. The lowest BCUT2D eigenvalue weighted by Gasteiger charge is -2.04. The maximum atomic E-state index is 4.63. The van der Waals surface area contributed by atoms with Crippen LogP contribution in [-0.4, -0.2) is 11.0 Å². The lowest BCUT2D eigenvalue weighted by atomic mass is 10.1. The summed E-state index contributed by atoms with van der Waals surface area (Å²) in [5, 5.41) is 8.95. The van der Waals surface area contributed by atoms with Crippen LogP contribution in [0.5, 0.6) is 0 Å². The molecule has 0 bridgehead atoms. The Morgan fingerprint density at radius 1 is 1.05 bits per heavy atom. The molecule has 0 saturated carbocycles. The fourth-order valence-electron chi connectivity index (χ4n) is 2.07. The summed E-state index contributed by atoms with van der Waals surface area (Å²) in [6.45, 7) is 4.24. The molecule has 0 aliphatic carbocycles. The molecule has 0 radical (unpaired) electrons. The average molecular weight is 268 g/mol. The number of aromatic nitrogens is 1. The van der Waals surface area contributed by atoms with E-state index in [4.69, 9.17) is 0 Å². The van der Waals surface area contributed by atoms with Crippen molar-refractivity contribution < 1.29 is 0 Å². The molecule has 1 aromatic heterocycles. The van der Waals surface area contributed by atoms with Crippen LogP contribution in [0.2, 0.25) is 0 Å². The van der Waals surface area contributed by atoms with Crippen molar-refractivity contribution in [3.05, 3.63) is 47.8 Å². The highest BCUT2D eigenvalue weighted by atomic mass is 32.1. The highest BCUT2D eigenvalue weighted by molar-refractivity contribution is 7.14. The van der Waals surface area contributed by atoms with Crippen LogP contribution in [0, 0.1) is 0 Å². The Morgan fingerprint density at radius 2 is 1.84 bits per heavy atom. The molecule has 0 fully saturated rings. The van der Waals surface area contributed by atoms with E-state index in [9.17, 15) is 0 Å². The van der Waals surface area contributed by atoms with Gasteiger partial charge in [0.2, 0.25) is 0 Å². The summed E-state index contributed by atoms with van der Waals surface area (Å²) in [5.74, 6) is 0. The molecule has 19 heavy (non-hydrogen) atoms. The zero-order chi connectivity index (χ0) is 13.2. The third-order valence-corrected chi connectivity index (χ3v) is 3.74. The first-order chi connectivity index (χ1) is 9.22. The van der Waals surface area contributed by atoms with Gasteiger partial charge in [-0.25, -0.2) is 4.98 Å². The standard InChI is InChI=1S/C16H16N2S/c1-11(2)17-16-18-15(10-19-16)14-8-7-12-5-3-4-6-13(12)9-14/h3-11H,1-2H3,(H,17,18). The number of nitrogens with zero attached hydrogens (tertiary/aromatic N) is 1. The number of benzene rings is 2. The smallest absolute Gasteiger partial charge is 0.183 e. The predicted octanol–water partition coefficient (Wildman–Crippen LogP) is 4.78. The van der Waals surface area contributed by atoms with Gasteiger partial charge in [-0.3, -0.25) is 0 Å². The van der Waals surface area contributed by atoms with Crippen LogP contribution >= 0.6 is 11.3 Å². The highest BCUT2D eigenvalue weighted by Gasteiger charge is 2.06. The van der Waals surface area contributed by atoms with Crippen molar-refractivity contribution in [3.63, 3.8) is 0 Å². The van der Waals surface area contributed by atoms with Gasteiger partial charge in [-0.1, -0.05) is 36.4 Å². The summed E-state index contributed by atoms with van der Waals surface area (Å²) in [6, 6.07) is 15.3. The molecule has 3 rings (SSSR count). The summed E-state index contributed by atoms with van der Waals surface area (Å²) in [7, 11) is 0. The minimum atomic E-state index is 0.413. The van der Waals surface area contributed by atoms with Gasteiger partial charge in [0, 0.05) is 17.0 Å². The average Bonchev–Trinajstić information content (AvgIpc) is 2.86. The second kappa shape index (κ2) is 5.02. The van der Waals surface area contributed by atoms with E-state index in [0.717, 1.165) is 10.8 Å². The lowest BCUT2D eigenvalue weighted by molar-refractivity contribution is 0.897. The lowest BCUT2D eigenvalue weighted by Crippen LogP contribution is -2.08. The topological polar surface area (TPSA) is 24.9 Å². The van der Waals surface area contributed by atoms with Crippen molar-refractivity contribution >= 4 is 27.2 Å². The molecule has 0 aliphatic heterocycles. The van der Waals surface area contributed by atoms with Gasteiger partial charge >= 0.3 is 0 Å². The number of thiazole rings is 1. The molecule has 3 heteroatoms. The summed E-state index contributed by atoms with van der Waals surface area (Å²) >= 11 is 1.66. The third kappa shape index (κ3) is 2.61. The Labute approximate surface area is 117 Å². The first kappa shape index (κ1) is 12.2. The van der Waals surface area contributed by atoms with Gasteiger partial charge in [-0.15, -0.1) is 11.3 Å². The fraction of sp³-hybridized carbons (Fsp3) is 0.188. The van der Waals surface area contributed by atoms with E-state index in [1.165, 1.54) is 16.3 Å². The quantitative estimate of drug-likeness (QED) is 0.739. The van der Waals surface area contributed by atoms with Gasteiger partial charge in [0.25, 0.3) is 0 Å². The molecule has 1 N–H and O–H groups in total. The van der Waals surface area contributed by atoms with Crippen LogP contribution in [0.4, 0.5) is 5.13 Å². The SMILES string of the molecule is CC(C)Nc1nc(-c2ccc3ccccc3c2)cs1. The zero-order valence-electron chi connectivity index (χ0n) is 11.1. The Hall–Kier alpha value is -1.87. The molecular formula is C16H16N2S. The molecule has 0 unspecified atom stereocenters. The molecule has 0 amide bonds. The Kier molecular flexibility index (Phi) is 3.22. The van der Waals surface area contributed by atoms with E-state index in [-0.39, 0.29) is 0 Å². The molecular weight excluding hydrogens is 252 g/mol. The number of hydrogen-bond acceptors (Lipinski definition) is 3. The van der Waals surface area contributed by atoms with Crippen LogP contribution in [-0.2, 0) is 0 Å². The second-order valence-corrected chi connectivity index (χ2v) is 5.76. The molecule has 3 aromatic rings. The number of hydrogen-bond donors (Lipinski definition) is 1. The Morgan fingerprint density at radius 3 is 2.63 bits per heavy atom. The molecule has 0 spiro atoms. The third-order valence-electron chi connectivity index (χ3n) is 2.96. The summed E-state index contributed by atoms with van der Waals surface area (Å²) in [4.78, 5) is 4.63. The van der Waals surface area contributed by atoms with Crippen molar-refractivity contribution in [3.8, 4) is 11.3 Å². The van der Waals surface area contributed by atoms with Crippen molar-refractivity contribution in [2.75, 3.05) is 5.32 Å². The van der Waals surface area contributed by atoms with Crippen molar-refractivity contribution in [2.45, 2.75) is 19.9 Å². The van der Waals surface area contributed by atoms with Crippen LogP contribution < -0.4 is 5.32 Å². The van der Waals surface area contributed by atoms with Gasteiger partial charge in [-0.05, 0) is 30.7 Å². The van der Waals surface area contributed by atoms with E-state index in [2.05, 4.69) is 72.0 Å². The van der Waals surface area contributed by atoms with Gasteiger partial charge in [0.15, 0.2) is 5.13 Å². The van der Waals surface area contributed by atoms with E-state index in [0.29, 0.717) is 6.04 Å². The summed E-state index contributed by atoms with van der Waals surface area (Å²) in [5.41, 5.74) is 2.21. The van der Waals surface area contributed by atoms with Crippen molar-refractivity contribution in [2.24, 2.45) is 0 Å². The van der Waals surface area contributed by atoms with Crippen LogP contribution in [0.1, 0.15) is 13.8 Å². The van der Waals surface area contributed by atoms with E-state index >= 15 is 0 Å². The molecule has 0 atom stereocenters. The predicted molar refractivity (Wildman–Crippen MR) is 83.8 cm³/mol. The Balaban J connectivity index is 1.97. The number of fused-ring (bicyclic) bond motifs is 1.